The maximum Gasteiger partial charge on any atom is 0.143 e. The quantitative estimate of drug-likeness (QED) is 0.794. The van der Waals surface area contributed by atoms with Crippen LogP contribution in [-0.2, 0) is 7.05 Å². The number of halogens is 2. The van der Waals surface area contributed by atoms with Gasteiger partial charge in [0.15, 0.2) is 0 Å². The van der Waals surface area contributed by atoms with E-state index in [1.807, 2.05) is 0 Å². The number of aromatic nitrogens is 2. The highest BCUT2D eigenvalue weighted by Crippen LogP contribution is 2.28. The molecule has 0 radical (unpaired) electrons. The second-order valence-electron chi connectivity index (χ2n) is 3.38. The van der Waals surface area contributed by atoms with E-state index in [2.05, 4.69) is 10.4 Å². The maximum atomic E-state index is 13.0. The van der Waals surface area contributed by atoms with Crippen molar-refractivity contribution in [3.8, 4) is 0 Å². The summed E-state index contributed by atoms with van der Waals surface area (Å²) >= 11 is 5.67. The SMILES string of the molecule is Cn1cc(Nc2cc(Cl)c(F)cc2N)cn1. The summed E-state index contributed by atoms with van der Waals surface area (Å²) in [5, 5.41) is 7.02. The number of hydrogen-bond donors (Lipinski definition) is 2. The van der Waals surface area contributed by atoms with Gasteiger partial charge >= 0.3 is 0 Å². The number of nitrogens with one attached hydrogen (secondary N) is 1. The minimum atomic E-state index is -0.532. The lowest BCUT2D eigenvalue weighted by Crippen LogP contribution is -1.97. The molecule has 0 unspecified atom stereocenters. The largest absolute Gasteiger partial charge is 0.397 e. The molecule has 3 N–H and O–H groups in total. The van der Waals surface area contributed by atoms with Crippen LogP contribution in [0.25, 0.3) is 0 Å². The summed E-state index contributed by atoms with van der Waals surface area (Å²) in [7, 11) is 1.80. The van der Waals surface area contributed by atoms with Gasteiger partial charge < -0.3 is 11.1 Å². The van der Waals surface area contributed by atoms with E-state index < -0.39 is 5.82 Å². The molecule has 0 spiro atoms. The summed E-state index contributed by atoms with van der Waals surface area (Å²) in [6.07, 6.45) is 3.41. The molecule has 2 rings (SSSR count). The number of nitrogens with two attached hydrogens (primary N) is 1. The molecule has 0 aliphatic heterocycles. The van der Waals surface area contributed by atoms with Crippen LogP contribution in [0.4, 0.5) is 21.5 Å². The fourth-order valence-corrected chi connectivity index (χ4v) is 1.48. The monoisotopic (exact) mass is 240 g/mol. The van der Waals surface area contributed by atoms with Crippen LogP contribution in [0.5, 0.6) is 0 Å². The topological polar surface area (TPSA) is 55.9 Å². The zero-order chi connectivity index (χ0) is 11.7. The summed E-state index contributed by atoms with van der Waals surface area (Å²) in [6, 6.07) is 2.63. The number of anilines is 3. The molecule has 1 aromatic carbocycles. The Labute approximate surface area is 96.8 Å². The van der Waals surface area contributed by atoms with Crippen molar-refractivity contribution in [2.24, 2.45) is 7.05 Å². The second kappa shape index (κ2) is 4.02. The van der Waals surface area contributed by atoms with Crippen molar-refractivity contribution in [1.29, 1.82) is 0 Å². The molecule has 6 heteroatoms. The summed E-state index contributed by atoms with van der Waals surface area (Å²) in [4.78, 5) is 0. The first kappa shape index (κ1) is 10.8. The number of nitrogens with zero attached hydrogens (tertiary/aromatic N) is 2. The average molecular weight is 241 g/mol. The highest BCUT2D eigenvalue weighted by molar-refractivity contribution is 6.31. The highest BCUT2D eigenvalue weighted by atomic mass is 35.5. The van der Waals surface area contributed by atoms with E-state index in [-0.39, 0.29) is 5.02 Å². The summed E-state index contributed by atoms with van der Waals surface area (Å²) in [5.41, 5.74) is 7.27. The molecule has 16 heavy (non-hydrogen) atoms. The van der Waals surface area contributed by atoms with Gasteiger partial charge in [0.05, 0.1) is 28.3 Å². The molecular weight excluding hydrogens is 231 g/mol. The van der Waals surface area contributed by atoms with Crippen LogP contribution < -0.4 is 11.1 Å². The van der Waals surface area contributed by atoms with Gasteiger partial charge in [-0.2, -0.15) is 5.10 Å². The Morgan fingerprint density at radius 1 is 1.50 bits per heavy atom. The Morgan fingerprint density at radius 2 is 2.25 bits per heavy atom. The van der Waals surface area contributed by atoms with Crippen LogP contribution in [0.2, 0.25) is 5.02 Å². The molecule has 0 atom stereocenters. The van der Waals surface area contributed by atoms with Crippen LogP contribution >= 0.6 is 11.6 Å². The van der Waals surface area contributed by atoms with Crippen LogP contribution in [0, 0.1) is 5.82 Å². The van der Waals surface area contributed by atoms with Crippen LogP contribution in [0.3, 0.4) is 0 Å². The lowest BCUT2D eigenvalue weighted by molar-refractivity contribution is 0.629. The van der Waals surface area contributed by atoms with Gasteiger partial charge in [0.25, 0.3) is 0 Å². The zero-order valence-electron chi connectivity index (χ0n) is 8.54. The van der Waals surface area contributed by atoms with E-state index >= 15 is 0 Å². The van der Waals surface area contributed by atoms with Crippen molar-refractivity contribution >= 4 is 28.7 Å². The number of aryl methyl sites for hydroxylation is 1. The lowest BCUT2D eigenvalue weighted by Gasteiger charge is -2.08. The highest BCUT2D eigenvalue weighted by Gasteiger charge is 2.07. The Balaban J connectivity index is 2.31. The Kier molecular flexibility index (Phi) is 2.70. The molecule has 0 fully saturated rings. The summed E-state index contributed by atoms with van der Waals surface area (Å²) in [5.74, 6) is -0.532. The van der Waals surface area contributed by atoms with Crippen molar-refractivity contribution in [2.75, 3.05) is 11.1 Å². The molecule has 0 bridgehead atoms. The molecule has 0 amide bonds. The third-order valence-corrected chi connectivity index (χ3v) is 2.37. The van der Waals surface area contributed by atoms with Gasteiger partial charge in [-0.15, -0.1) is 0 Å². The standard InChI is InChI=1S/C10H10ClFN4/c1-16-5-6(4-14-16)15-10-2-7(11)8(12)3-9(10)13/h2-5,15H,13H2,1H3. The third-order valence-electron chi connectivity index (χ3n) is 2.08. The molecule has 0 saturated carbocycles. The van der Waals surface area contributed by atoms with Gasteiger partial charge in [-0.1, -0.05) is 11.6 Å². The smallest absolute Gasteiger partial charge is 0.143 e. The number of nitrogen functional groups attached to an aromatic ring is 1. The molecule has 0 aliphatic carbocycles. The van der Waals surface area contributed by atoms with E-state index in [0.717, 1.165) is 5.69 Å². The molecule has 0 aliphatic rings. The summed E-state index contributed by atoms with van der Waals surface area (Å²) < 4.78 is 14.7. The predicted molar refractivity (Wildman–Crippen MR) is 62.3 cm³/mol. The van der Waals surface area contributed by atoms with E-state index in [1.165, 1.54) is 12.1 Å². The summed E-state index contributed by atoms with van der Waals surface area (Å²) in [6.45, 7) is 0. The van der Waals surface area contributed by atoms with Crippen LogP contribution in [0.15, 0.2) is 24.5 Å². The predicted octanol–water partition coefficient (Wildman–Crippen LogP) is 2.54. The van der Waals surface area contributed by atoms with Crippen LogP contribution in [-0.4, -0.2) is 9.78 Å². The van der Waals surface area contributed by atoms with Gasteiger partial charge in [0.1, 0.15) is 5.82 Å². The first-order valence-corrected chi connectivity index (χ1v) is 4.94. The van der Waals surface area contributed by atoms with Crippen molar-refractivity contribution < 1.29 is 4.39 Å². The minimum Gasteiger partial charge on any atom is -0.397 e. The number of rotatable bonds is 2. The molecule has 0 saturated heterocycles. The van der Waals surface area contributed by atoms with Gasteiger partial charge in [-0.05, 0) is 6.07 Å². The van der Waals surface area contributed by atoms with Crippen molar-refractivity contribution in [2.45, 2.75) is 0 Å². The maximum absolute atomic E-state index is 13.0. The Hall–Kier alpha value is -1.75. The lowest BCUT2D eigenvalue weighted by atomic mass is 10.2. The average Bonchev–Trinajstić information content (AvgIpc) is 2.60. The molecule has 1 aromatic heterocycles. The van der Waals surface area contributed by atoms with E-state index in [9.17, 15) is 4.39 Å². The van der Waals surface area contributed by atoms with Crippen molar-refractivity contribution in [3.05, 3.63) is 35.4 Å². The third kappa shape index (κ3) is 2.09. The Bertz CT molecular complexity index is 524. The molecular formula is C10H10ClFN4. The number of hydrogen-bond acceptors (Lipinski definition) is 3. The molecule has 2 aromatic rings. The van der Waals surface area contributed by atoms with Gasteiger partial charge in [0.2, 0.25) is 0 Å². The second-order valence-corrected chi connectivity index (χ2v) is 3.79. The van der Waals surface area contributed by atoms with Crippen LogP contribution in [0.1, 0.15) is 0 Å². The van der Waals surface area contributed by atoms with E-state index in [1.54, 1.807) is 24.1 Å². The fourth-order valence-electron chi connectivity index (χ4n) is 1.31. The fraction of sp³-hybridized carbons (Fsp3) is 0.100. The van der Waals surface area contributed by atoms with E-state index in [4.69, 9.17) is 17.3 Å². The van der Waals surface area contributed by atoms with Gasteiger partial charge in [0, 0.05) is 19.3 Å². The van der Waals surface area contributed by atoms with Crippen molar-refractivity contribution in [3.63, 3.8) is 0 Å². The first-order valence-electron chi connectivity index (χ1n) is 4.56. The molecule has 84 valence electrons. The van der Waals surface area contributed by atoms with Crippen molar-refractivity contribution in [1.82, 2.24) is 9.78 Å². The molecule has 1 heterocycles. The minimum absolute atomic E-state index is 0.0283. The zero-order valence-corrected chi connectivity index (χ0v) is 9.29. The van der Waals surface area contributed by atoms with Gasteiger partial charge in [-0.25, -0.2) is 4.39 Å². The van der Waals surface area contributed by atoms with E-state index in [0.29, 0.717) is 11.4 Å². The normalized spacial score (nSPS) is 10.4. The number of benzene rings is 1. The van der Waals surface area contributed by atoms with Gasteiger partial charge in [-0.3, -0.25) is 4.68 Å². The first-order chi connectivity index (χ1) is 7.56. The molecule has 4 nitrogen and oxygen atoms in total. The Morgan fingerprint density at radius 3 is 2.88 bits per heavy atom.